The number of hydrogen-bond donors (Lipinski definition) is 1. The van der Waals surface area contributed by atoms with Gasteiger partial charge >= 0.3 is 12.1 Å². The number of carbonyl (C=O) groups is 3. The van der Waals surface area contributed by atoms with Gasteiger partial charge in [-0.05, 0) is 85.3 Å². The van der Waals surface area contributed by atoms with Crippen molar-refractivity contribution >= 4 is 17.8 Å². The summed E-state index contributed by atoms with van der Waals surface area (Å²) >= 11 is 0. The SMILES string of the molecule is Cc1cccc(CC(=O)Cc2ccc3c(c2)CCN(C(=O)OC2CCC(CC(=O)O)CC2)C3)c1C. The largest absolute Gasteiger partial charge is 0.481 e. The zero-order chi connectivity index (χ0) is 24.9. The predicted molar refractivity (Wildman–Crippen MR) is 133 cm³/mol. The van der Waals surface area contributed by atoms with Crippen molar-refractivity contribution in [2.45, 2.75) is 77.9 Å². The zero-order valence-electron chi connectivity index (χ0n) is 20.7. The van der Waals surface area contributed by atoms with Crippen LogP contribution in [0, 0.1) is 19.8 Å². The number of aliphatic carboxylic acids is 1. The van der Waals surface area contributed by atoms with Crippen LogP contribution in [0.25, 0.3) is 0 Å². The van der Waals surface area contributed by atoms with Gasteiger partial charge in [-0.3, -0.25) is 9.59 Å². The van der Waals surface area contributed by atoms with Crippen LogP contribution < -0.4 is 0 Å². The zero-order valence-corrected chi connectivity index (χ0v) is 20.7. The van der Waals surface area contributed by atoms with E-state index in [1.54, 1.807) is 4.90 Å². The van der Waals surface area contributed by atoms with Crippen LogP contribution in [0.15, 0.2) is 36.4 Å². The third-order valence-corrected chi connectivity index (χ3v) is 7.57. The third-order valence-electron chi connectivity index (χ3n) is 7.57. The van der Waals surface area contributed by atoms with E-state index in [1.807, 2.05) is 24.3 Å². The van der Waals surface area contributed by atoms with Crippen LogP contribution in [0.1, 0.15) is 65.5 Å². The van der Waals surface area contributed by atoms with Gasteiger partial charge in [0.2, 0.25) is 0 Å². The number of aryl methyl sites for hydroxylation is 1. The van der Waals surface area contributed by atoms with Crippen molar-refractivity contribution in [3.05, 3.63) is 69.8 Å². The molecule has 1 heterocycles. The number of carboxylic acid groups (broad SMARTS) is 1. The van der Waals surface area contributed by atoms with Gasteiger partial charge in [0.1, 0.15) is 11.9 Å². The second kappa shape index (κ2) is 11.1. The van der Waals surface area contributed by atoms with Gasteiger partial charge in [-0.25, -0.2) is 4.79 Å². The van der Waals surface area contributed by atoms with Gasteiger partial charge in [0.15, 0.2) is 0 Å². The summed E-state index contributed by atoms with van der Waals surface area (Å²) < 4.78 is 5.74. The maximum Gasteiger partial charge on any atom is 0.410 e. The summed E-state index contributed by atoms with van der Waals surface area (Å²) in [5.41, 5.74) is 6.81. The Morgan fingerprint density at radius 2 is 1.77 bits per heavy atom. The number of Topliss-reactive ketones (excluding diaryl/α,β-unsaturated/α-hetero) is 1. The second-order valence-electron chi connectivity index (χ2n) is 10.2. The molecule has 186 valence electrons. The molecule has 6 heteroatoms. The minimum atomic E-state index is -0.758. The van der Waals surface area contributed by atoms with E-state index in [9.17, 15) is 14.4 Å². The Kier molecular flexibility index (Phi) is 7.89. The first-order valence-corrected chi connectivity index (χ1v) is 12.6. The molecule has 1 amide bonds. The first-order chi connectivity index (χ1) is 16.8. The minimum Gasteiger partial charge on any atom is -0.481 e. The number of amides is 1. The number of nitrogens with zero attached hydrogens (tertiary/aromatic N) is 1. The van der Waals surface area contributed by atoms with Crippen LogP contribution in [-0.2, 0) is 40.1 Å². The molecule has 2 aliphatic rings. The maximum atomic E-state index is 12.7. The molecule has 1 saturated carbocycles. The molecule has 4 rings (SSSR count). The Morgan fingerprint density at radius 3 is 2.51 bits per heavy atom. The third kappa shape index (κ3) is 6.50. The van der Waals surface area contributed by atoms with Crippen LogP contribution in [0.5, 0.6) is 0 Å². The number of carbonyl (C=O) groups excluding carboxylic acids is 2. The molecule has 1 aliphatic carbocycles. The van der Waals surface area contributed by atoms with Gasteiger partial charge in [-0.15, -0.1) is 0 Å². The van der Waals surface area contributed by atoms with E-state index in [4.69, 9.17) is 9.84 Å². The molecule has 0 radical (unpaired) electrons. The van der Waals surface area contributed by atoms with E-state index in [0.29, 0.717) is 25.9 Å². The number of ketones is 1. The molecular weight excluding hydrogens is 442 g/mol. The van der Waals surface area contributed by atoms with Crippen molar-refractivity contribution in [1.82, 2.24) is 4.90 Å². The van der Waals surface area contributed by atoms with Gasteiger partial charge in [-0.1, -0.05) is 36.4 Å². The average molecular weight is 478 g/mol. The number of carboxylic acids is 1. The normalized spacial score (nSPS) is 19.7. The van der Waals surface area contributed by atoms with Gasteiger partial charge in [0, 0.05) is 32.4 Å². The van der Waals surface area contributed by atoms with Crippen molar-refractivity contribution in [2.75, 3.05) is 6.54 Å². The fourth-order valence-electron chi connectivity index (χ4n) is 5.30. The Labute approximate surface area is 207 Å². The fourth-order valence-corrected chi connectivity index (χ4v) is 5.30. The minimum absolute atomic E-state index is 0.126. The van der Waals surface area contributed by atoms with Gasteiger partial charge < -0.3 is 14.7 Å². The molecule has 6 nitrogen and oxygen atoms in total. The molecule has 2 aromatic carbocycles. The quantitative estimate of drug-likeness (QED) is 0.594. The molecule has 35 heavy (non-hydrogen) atoms. The van der Waals surface area contributed by atoms with Crippen molar-refractivity contribution in [3.8, 4) is 0 Å². The molecule has 1 N–H and O–H groups in total. The molecule has 1 fully saturated rings. The second-order valence-corrected chi connectivity index (χ2v) is 10.2. The van der Waals surface area contributed by atoms with Crippen LogP contribution in [0.4, 0.5) is 4.79 Å². The highest BCUT2D eigenvalue weighted by Crippen LogP contribution is 2.29. The number of fused-ring (bicyclic) bond motifs is 1. The van der Waals surface area contributed by atoms with Crippen LogP contribution in [-0.4, -0.2) is 40.5 Å². The van der Waals surface area contributed by atoms with E-state index in [0.717, 1.165) is 48.8 Å². The Bertz CT molecular complexity index is 1100. The fraction of sp³-hybridized carbons (Fsp3) is 0.483. The summed E-state index contributed by atoms with van der Waals surface area (Å²) in [5.74, 6) is -0.365. The van der Waals surface area contributed by atoms with E-state index >= 15 is 0 Å². The topological polar surface area (TPSA) is 83.9 Å². The van der Waals surface area contributed by atoms with Crippen molar-refractivity contribution in [3.63, 3.8) is 0 Å². The Balaban J connectivity index is 1.28. The molecule has 0 spiro atoms. The summed E-state index contributed by atoms with van der Waals surface area (Å²) in [6.45, 7) is 5.25. The molecule has 0 bridgehead atoms. The van der Waals surface area contributed by atoms with Gasteiger partial charge in [-0.2, -0.15) is 0 Å². The first kappa shape index (κ1) is 25.0. The van der Waals surface area contributed by atoms with Crippen LogP contribution in [0.2, 0.25) is 0 Å². The van der Waals surface area contributed by atoms with E-state index < -0.39 is 5.97 Å². The maximum absolute atomic E-state index is 12.7. The molecular formula is C29H35NO5. The van der Waals surface area contributed by atoms with Crippen molar-refractivity contribution in [2.24, 2.45) is 5.92 Å². The lowest BCUT2D eigenvalue weighted by atomic mass is 9.85. The van der Waals surface area contributed by atoms with Gasteiger partial charge in [0.05, 0.1) is 0 Å². The van der Waals surface area contributed by atoms with E-state index in [2.05, 4.69) is 26.0 Å². The molecule has 1 aliphatic heterocycles. The number of benzene rings is 2. The van der Waals surface area contributed by atoms with Crippen LogP contribution >= 0.6 is 0 Å². The highest BCUT2D eigenvalue weighted by Gasteiger charge is 2.28. The number of ether oxygens (including phenoxy) is 1. The molecule has 0 atom stereocenters. The lowest BCUT2D eigenvalue weighted by Gasteiger charge is -2.32. The average Bonchev–Trinajstić information content (AvgIpc) is 2.82. The summed E-state index contributed by atoms with van der Waals surface area (Å²) in [5, 5.41) is 8.96. The molecule has 0 unspecified atom stereocenters. The predicted octanol–water partition coefficient (Wildman–Crippen LogP) is 5.19. The number of hydrogen-bond acceptors (Lipinski definition) is 4. The van der Waals surface area contributed by atoms with Crippen molar-refractivity contribution < 1.29 is 24.2 Å². The molecule has 0 aromatic heterocycles. The Morgan fingerprint density at radius 1 is 1.00 bits per heavy atom. The van der Waals surface area contributed by atoms with Gasteiger partial charge in [0.25, 0.3) is 0 Å². The standard InChI is InChI=1S/C29H35NO5/c1-19-4-3-5-23(20(19)2)17-26(31)15-22-6-9-25-18-30(13-12-24(25)14-22)29(34)35-27-10-7-21(8-11-27)16-28(32)33/h3-6,9,14,21,27H,7-8,10-13,15-18H2,1-2H3,(H,32,33). The summed E-state index contributed by atoms with van der Waals surface area (Å²) in [7, 11) is 0. The lowest BCUT2D eigenvalue weighted by molar-refractivity contribution is -0.138. The lowest BCUT2D eigenvalue weighted by Crippen LogP contribution is -2.39. The van der Waals surface area contributed by atoms with E-state index in [1.165, 1.54) is 16.7 Å². The molecule has 2 aromatic rings. The van der Waals surface area contributed by atoms with E-state index in [-0.39, 0.29) is 30.3 Å². The monoisotopic (exact) mass is 477 g/mol. The Hall–Kier alpha value is -3.15. The highest BCUT2D eigenvalue weighted by molar-refractivity contribution is 5.83. The summed E-state index contributed by atoms with van der Waals surface area (Å²) in [4.78, 5) is 38.1. The molecule has 0 saturated heterocycles. The first-order valence-electron chi connectivity index (χ1n) is 12.6. The highest BCUT2D eigenvalue weighted by atomic mass is 16.6. The summed E-state index contributed by atoms with van der Waals surface area (Å²) in [6.07, 6.45) is 4.43. The smallest absolute Gasteiger partial charge is 0.410 e. The van der Waals surface area contributed by atoms with Crippen LogP contribution in [0.3, 0.4) is 0 Å². The number of rotatable bonds is 7. The summed E-state index contributed by atoms with van der Waals surface area (Å²) in [6, 6.07) is 12.2. The van der Waals surface area contributed by atoms with Crippen molar-refractivity contribution in [1.29, 1.82) is 0 Å².